The molecule has 0 aliphatic carbocycles. The van der Waals surface area contributed by atoms with Crippen molar-refractivity contribution in [2.45, 2.75) is 17.4 Å². The Hall–Kier alpha value is -2.32. The molecule has 4 aromatic rings. The maximum absolute atomic E-state index is 2.54. The monoisotopic (exact) mass is 396 g/mol. The molecular weight excluding hydrogens is 373 g/mol. The second kappa shape index (κ2) is 6.14. The fraction of sp³-hybridized carbons (Fsp3) is 0.120. The SMILES string of the molecule is Cc1cc2c3c(cccc3c1)[CH2][Ge]([c]1ccccc1)([c]1ccccc1)[CH2]2. The summed E-state index contributed by atoms with van der Waals surface area (Å²) in [4.78, 5) is 0. The van der Waals surface area contributed by atoms with Crippen LogP contribution >= 0.6 is 0 Å². The zero-order valence-corrected chi connectivity index (χ0v) is 17.2. The molecule has 5 rings (SSSR count). The summed E-state index contributed by atoms with van der Waals surface area (Å²) in [5, 5.41) is 5.41. The maximum atomic E-state index is 2.44. The van der Waals surface area contributed by atoms with Gasteiger partial charge in [-0.1, -0.05) is 0 Å². The zero-order chi connectivity index (χ0) is 17.6. The Bertz CT molecular complexity index is 1040. The van der Waals surface area contributed by atoms with Gasteiger partial charge in [-0.3, -0.25) is 0 Å². The average Bonchev–Trinajstić information content (AvgIpc) is 2.69. The number of benzene rings is 4. The molecule has 0 unspecified atom stereocenters. The van der Waals surface area contributed by atoms with Gasteiger partial charge in [0.25, 0.3) is 0 Å². The Kier molecular flexibility index (Phi) is 3.75. The summed E-state index contributed by atoms with van der Waals surface area (Å²) in [6, 6.07) is 34.4. The standard InChI is InChI=1S/C25H22Ge/c1-19-15-20-9-8-10-21-17-26(18-22(16-19)25(20)21,23-11-4-2-5-12-23)24-13-6-3-7-14-24/h2-16H,17-18H2,1H3. The van der Waals surface area contributed by atoms with E-state index in [1.165, 1.54) is 26.8 Å². The molecule has 0 saturated heterocycles. The van der Waals surface area contributed by atoms with Crippen molar-refractivity contribution >= 4 is 32.8 Å². The summed E-state index contributed by atoms with van der Waals surface area (Å²) < 4.78 is 3.20. The van der Waals surface area contributed by atoms with Gasteiger partial charge in [0.1, 0.15) is 0 Å². The van der Waals surface area contributed by atoms with E-state index in [2.05, 4.69) is 97.9 Å². The first-order valence-electron chi connectivity index (χ1n) is 9.38. The summed E-state index contributed by atoms with van der Waals surface area (Å²) >= 11 is -2.54. The molecule has 1 aliphatic heterocycles. The number of rotatable bonds is 2. The third-order valence-electron chi connectivity index (χ3n) is 5.93. The van der Waals surface area contributed by atoms with Crippen molar-refractivity contribution in [3.63, 3.8) is 0 Å². The van der Waals surface area contributed by atoms with E-state index in [0.29, 0.717) is 0 Å². The van der Waals surface area contributed by atoms with Gasteiger partial charge in [-0.25, -0.2) is 0 Å². The van der Waals surface area contributed by atoms with Gasteiger partial charge in [0.2, 0.25) is 0 Å². The van der Waals surface area contributed by atoms with Crippen LogP contribution in [0.2, 0.25) is 0 Å². The number of hydrogen-bond donors (Lipinski definition) is 0. The van der Waals surface area contributed by atoms with Crippen LogP contribution in [-0.4, -0.2) is 13.3 Å². The molecule has 0 nitrogen and oxygen atoms in total. The van der Waals surface area contributed by atoms with Crippen LogP contribution in [0.15, 0.2) is 91.0 Å². The van der Waals surface area contributed by atoms with Crippen LogP contribution < -0.4 is 8.79 Å². The molecule has 0 N–H and O–H groups in total. The van der Waals surface area contributed by atoms with Crippen LogP contribution in [0.1, 0.15) is 16.7 Å². The van der Waals surface area contributed by atoms with Crippen LogP contribution in [0, 0.1) is 6.92 Å². The van der Waals surface area contributed by atoms with Crippen LogP contribution in [0.25, 0.3) is 10.8 Å². The van der Waals surface area contributed by atoms with E-state index in [9.17, 15) is 0 Å². The van der Waals surface area contributed by atoms with Gasteiger partial charge in [-0.15, -0.1) is 0 Å². The van der Waals surface area contributed by atoms with Crippen molar-refractivity contribution in [3.05, 3.63) is 108 Å². The summed E-state index contributed by atoms with van der Waals surface area (Å²) in [7, 11) is 0. The normalized spacial score (nSPS) is 15.1. The molecule has 0 radical (unpaired) electrons. The van der Waals surface area contributed by atoms with Gasteiger partial charge in [-0.05, 0) is 0 Å². The van der Waals surface area contributed by atoms with E-state index in [4.69, 9.17) is 0 Å². The van der Waals surface area contributed by atoms with Crippen molar-refractivity contribution in [3.8, 4) is 0 Å². The summed E-state index contributed by atoms with van der Waals surface area (Å²) in [6.07, 6.45) is 0. The van der Waals surface area contributed by atoms with Crippen LogP contribution in [0.3, 0.4) is 0 Å². The Labute approximate surface area is 157 Å². The van der Waals surface area contributed by atoms with Gasteiger partial charge in [0.05, 0.1) is 0 Å². The van der Waals surface area contributed by atoms with Crippen molar-refractivity contribution in [1.29, 1.82) is 0 Å². The van der Waals surface area contributed by atoms with Gasteiger partial charge in [0, 0.05) is 0 Å². The fourth-order valence-corrected chi connectivity index (χ4v) is 14.9. The molecule has 0 amide bonds. The molecule has 0 saturated carbocycles. The fourth-order valence-electron chi connectivity index (χ4n) is 4.85. The Morgan fingerprint density at radius 1 is 0.615 bits per heavy atom. The van der Waals surface area contributed by atoms with E-state index in [-0.39, 0.29) is 0 Å². The second-order valence-electron chi connectivity index (χ2n) is 7.61. The first kappa shape index (κ1) is 15.9. The van der Waals surface area contributed by atoms with E-state index in [0.717, 1.165) is 0 Å². The van der Waals surface area contributed by atoms with Crippen LogP contribution in [0.5, 0.6) is 0 Å². The van der Waals surface area contributed by atoms with Crippen molar-refractivity contribution in [2.75, 3.05) is 0 Å². The molecule has 0 spiro atoms. The number of hydrogen-bond acceptors (Lipinski definition) is 0. The second-order valence-corrected chi connectivity index (χ2v) is 16.1. The first-order chi connectivity index (χ1) is 12.8. The predicted molar refractivity (Wildman–Crippen MR) is 114 cm³/mol. The quantitative estimate of drug-likeness (QED) is 0.436. The zero-order valence-electron chi connectivity index (χ0n) is 15.1. The molecule has 0 aromatic heterocycles. The molecule has 0 fully saturated rings. The van der Waals surface area contributed by atoms with Gasteiger partial charge in [-0.2, -0.15) is 0 Å². The molecule has 1 aliphatic rings. The van der Waals surface area contributed by atoms with Crippen molar-refractivity contribution in [1.82, 2.24) is 0 Å². The van der Waals surface area contributed by atoms with Crippen LogP contribution in [-0.2, 0) is 10.5 Å². The molecule has 4 aromatic carbocycles. The summed E-state index contributed by atoms with van der Waals surface area (Å²) in [5.41, 5.74) is 4.50. The molecular formula is C25H22Ge. The van der Waals surface area contributed by atoms with E-state index >= 15 is 0 Å². The van der Waals surface area contributed by atoms with Gasteiger partial charge < -0.3 is 0 Å². The average molecular weight is 395 g/mol. The van der Waals surface area contributed by atoms with E-state index in [1.54, 1.807) is 19.9 Å². The van der Waals surface area contributed by atoms with Crippen molar-refractivity contribution < 1.29 is 0 Å². The number of aryl methyl sites for hydroxylation is 1. The molecule has 0 bridgehead atoms. The Morgan fingerprint density at radius 2 is 1.23 bits per heavy atom. The third kappa shape index (κ3) is 2.44. The molecule has 26 heavy (non-hydrogen) atoms. The summed E-state index contributed by atoms with van der Waals surface area (Å²) in [6.45, 7) is 2.23. The van der Waals surface area contributed by atoms with Gasteiger partial charge >= 0.3 is 158 Å². The van der Waals surface area contributed by atoms with E-state index in [1.807, 2.05) is 0 Å². The minimum absolute atomic E-state index is 1.24. The Balaban J connectivity index is 1.80. The summed E-state index contributed by atoms with van der Waals surface area (Å²) in [5.74, 6) is 0. The van der Waals surface area contributed by atoms with Gasteiger partial charge in [0.15, 0.2) is 0 Å². The Morgan fingerprint density at radius 3 is 1.88 bits per heavy atom. The van der Waals surface area contributed by atoms with E-state index < -0.39 is 13.3 Å². The third-order valence-corrected chi connectivity index (χ3v) is 16.1. The molecule has 1 heteroatoms. The predicted octanol–water partition coefficient (Wildman–Crippen LogP) is 4.59. The minimum atomic E-state index is -2.54. The van der Waals surface area contributed by atoms with Crippen LogP contribution in [0.4, 0.5) is 0 Å². The first-order valence-corrected chi connectivity index (χ1v) is 14.4. The van der Waals surface area contributed by atoms with Crippen molar-refractivity contribution in [2.24, 2.45) is 0 Å². The molecule has 0 atom stereocenters. The molecule has 1 heterocycles. The topological polar surface area (TPSA) is 0 Å². The molecule has 126 valence electrons.